The standard InChI is InChI=1S/C24H26N2O2S/c1-16-8-11-21(28-2)20(13-16)26-23(27)15-25-24(22-7-4-12-29-22)19-10-9-17-5-3-6-18(17)14-19/h4,7-14,24-25H,3,5-6,15H2,1-2H3,(H,26,27)/t24-/m1/s1. The van der Waals surface area contributed by atoms with Crippen molar-refractivity contribution >= 4 is 22.9 Å². The van der Waals surface area contributed by atoms with Crippen LogP contribution in [0.3, 0.4) is 0 Å². The molecule has 0 unspecified atom stereocenters. The van der Waals surface area contributed by atoms with E-state index in [4.69, 9.17) is 4.74 Å². The highest BCUT2D eigenvalue weighted by atomic mass is 32.1. The molecule has 1 aliphatic rings. The van der Waals surface area contributed by atoms with Gasteiger partial charge in [-0.25, -0.2) is 0 Å². The summed E-state index contributed by atoms with van der Waals surface area (Å²) in [5, 5.41) is 8.51. The minimum Gasteiger partial charge on any atom is -0.495 e. The van der Waals surface area contributed by atoms with Crippen molar-refractivity contribution in [3.8, 4) is 5.75 Å². The largest absolute Gasteiger partial charge is 0.495 e. The van der Waals surface area contributed by atoms with Crippen molar-refractivity contribution in [2.24, 2.45) is 0 Å². The van der Waals surface area contributed by atoms with Gasteiger partial charge in [0.2, 0.25) is 5.91 Å². The van der Waals surface area contributed by atoms with Crippen molar-refractivity contribution in [3.05, 3.63) is 81.0 Å². The molecule has 0 radical (unpaired) electrons. The maximum atomic E-state index is 12.7. The lowest BCUT2D eigenvalue weighted by atomic mass is 10.00. The van der Waals surface area contributed by atoms with Crippen molar-refractivity contribution in [3.63, 3.8) is 0 Å². The number of anilines is 1. The molecule has 3 aromatic rings. The fourth-order valence-corrected chi connectivity index (χ4v) is 4.75. The van der Waals surface area contributed by atoms with Gasteiger partial charge in [0.05, 0.1) is 25.4 Å². The van der Waals surface area contributed by atoms with Gasteiger partial charge in [0.1, 0.15) is 5.75 Å². The Kier molecular flexibility index (Phi) is 5.97. The lowest BCUT2D eigenvalue weighted by Crippen LogP contribution is -2.31. The second-order valence-electron chi connectivity index (χ2n) is 7.46. The van der Waals surface area contributed by atoms with E-state index < -0.39 is 0 Å². The molecule has 0 aliphatic heterocycles. The predicted molar refractivity (Wildman–Crippen MR) is 119 cm³/mol. The molecular formula is C24H26N2O2S. The van der Waals surface area contributed by atoms with Gasteiger partial charge in [-0.15, -0.1) is 11.3 Å². The number of amides is 1. The van der Waals surface area contributed by atoms with E-state index in [1.54, 1.807) is 18.4 Å². The van der Waals surface area contributed by atoms with Crippen molar-refractivity contribution in [1.82, 2.24) is 5.32 Å². The van der Waals surface area contributed by atoms with Gasteiger partial charge >= 0.3 is 0 Å². The molecule has 5 heteroatoms. The predicted octanol–water partition coefficient (Wildman–Crippen LogP) is 4.87. The Hall–Kier alpha value is -2.63. The third kappa shape index (κ3) is 4.52. The number of hydrogen-bond acceptors (Lipinski definition) is 4. The zero-order valence-corrected chi connectivity index (χ0v) is 17.6. The Balaban J connectivity index is 1.49. The molecule has 1 aliphatic carbocycles. The second kappa shape index (κ2) is 8.80. The summed E-state index contributed by atoms with van der Waals surface area (Å²) in [6.45, 7) is 2.21. The summed E-state index contributed by atoms with van der Waals surface area (Å²) in [7, 11) is 1.61. The Morgan fingerprint density at radius 1 is 1.14 bits per heavy atom. The third-order valence-corrected chi connectivity index (χ3v) is 6.32. The quantitative estimate of drug-likeness (QED) is 0.588. The highest BCUT2D eigenvalue weighted by molar-refractivity contribution is 7.10. The zero-order chi connectivity index (χ0) is 20.2. The van der Waals surface area contributed by atoms with E-state index in [2.05, 4.69) is 46.3 Å². The van der Waals surface area contributed by atoms with E-state index in [-0.39, 0.29) is 18.5 Å². The van der Waals surface area contributed by atoms with Crippen LogP contribution in [0, 0.1) is 6.92 Å². The van der Waals surface area contributed by atoms with Gasteiger partial charge in [-0.3, -0.25) is 10.1 Å². The SMILES string of the molecule is COc1ccc(C)cc1NC(=O)CN[C@H](c1ccc2c(c1)CCC2)c1cccs1. The molecule has 150 valence electrons. The van der Waals surface area contributed by atoms with Gasteiger partial charge in [0.15, 0.2) is 0 Å². The summed E-state index contributed by atoms with van der Waals surface area (Å²) in [6, 6.07) is 16.7. The third-order valence-electron chi connectivity index (χ3n) is 5.38. The number of thiophene rings is 1. The van der Waals surface area contributed by atoms with Crippen LogP contribution in [0.2, 0.25) is 0 Å². The van der Waals surface area contributed by atoms with Crippen molar-refractivity contribution in [1.29, 1.82) is 0 Å². The highest BCUT2D eigenvalue weighted by Crippen LogP contribution is 2.30. The molecule has 1 atom stereocenters. The topological polar surface area (TPSA) is 50.4 Å². The number of aryl methyl sites for hydroxylation is 3. The van der Waals surface area contributed by atoms with E-state index in [1.807, 2.05) is 25.1 Å². The molecule has 4 nitrogen and oxygen atoms in total. The molecule has 0 spiro atoms. The first-order valence-corrected chi connectivity index (χ1v) is 10.8. The van der Waals surface area contributed by atoms with Gasteiger partial charge in [-0.1, -0.05) is 30.3 Å². The molecule has 4 rings (SSSR count). The summed E-state index contributed by atoms with van der Waals surface area (Å²) in [6.07, 6.45) is 3.55. The van der Waals surface area contributed by atoms with Crippen LogP contribution >= 0.6 is 11.3 Å². The first-order chi connectivity index (χ1) is 14.1. The van der Waals surface area contributed by atoms with Crippen LogP contribution in [0.1, 0.15) is 39.6 Å². The lowest BCUT2D eigenvalue weighted by molar-refractivity contribution is -0.115. The van der Waals surface area contributed by atoms with Crippen molar-refractivity contribution in [2.45, 2.75) is 32.2 Å². The average molecular weight is 407 g/mol. The summed E-state index contributed by atoms with van der Waals surface area (Å²) in [4.78, 5) is 13.9. The minimum absolute atomic E-state index is 0.00561. The van der Waals surface area contributed by atoms with E-state index in [9.17, 15) is 4.79 Å². The molecule has 1 heterocycles. The Morgan fingerprint density at radius 2 is 2.00 bits per heavy atom. The molecule has 0 saturated heterocycles. The number of ether oxygens (including phenoxy) is 1. The minimum atomic E-state index is -0.0865. The first-order valence-electron chi connectivity index (χ1n) is 9.97. The molecule has 0 fully saturated rings. The maximum absolute atomic E-state index is 12.7. The van der Waals surface area contributed by atoms with Crippen LogP contribution in [0.15, 0.2) is 53.9 Å². The number of carbonyl (C=O) groups excluding carboxylic acids is 1. The van der Waals surface area contributed by atoms with Crippen LogP contribution in [-0.2, 0) is 17.6 Å². The van der Waals surface area contributed by atoms with Crippen molar-refractivity contribution in [2.75, 3.05) is 19.0 Å². The first kappa shape index (κ1) is 19.7. The number of fused-ring (bicyclic) bond motifs is 1. The maximum Gasteiger partial charge on any atom is 0.238 e. The lowest BCUT2D eigenvalue weighted by Gasteiger charge is -2.19. The van der Waals surface area contributed by atoms with Gasteiger partial charge in [-0.05, 0) is 72.0 Å². The van der Waals surface area contributed by atoms with Gasteiger partial charge < -0.3 is 10.1 Å². The number of benzene rings is 2. The Bertz CT molecular complexity index is 998. The number of hydrogen-bond donors (Lipinski definition) is 2. The summed E-state index contributed by atoms with van der Waals surface area (Å²) >= 11 is 1.71. The normalized spacial score (nSPS) is 13.7. The fourth-order valence-electron chi connectivity index (χ4n) is 3.92. The average Bonchev–Trinajstić information content (AvgIpc) is 3.40. The number of carbonyl (C=O) groups is 1. The Labute approximate surface area is 175 Å². The molecule has 0 saturated carbocycles. The van der Waals surface area contributed by atoms with Crippen LogP contribution < -0.4 is 15.4 Å². The monoisotopic (exact) mass is 406 g/mol. The summed E-state index contributed by atoms with van der Waals surface area (Å²) in [5.41, 5.74) is 5.89. The smallest absolute Gasteiger partial charge is 0.238 e. The molecule has 0 bridgehead atoms. The summed E-state index contributed by atoms with van der Waals surface area (Å²) in [5.74, 6) is 0.578. The Morgan fingerprint density at radius 3 is 2.79 bits per heavy atom. The number of rotatable bonds is 7. The molecule has 1 aromatic heterocycles. The zero-order valence-electron chi connectivity index (χ0n) is 16.8. The van der Waals surface area contributed by atoms with Crippen LogP contribution in [0.25, 0.3) is 0 Å². The van der Waals surface area contributed by atoms with E-state index >= 15 is 0 Å². The number of methoxy groups -OCH3 is 1. The van der Waals surface area contributed by atoms with Crippen LogP contribution in [0.5, 0.6) is 5.75 Å². The number of nitrogens with one attached hydrogen (secondary N) is 2. The fraction of sp³-hybridized carbons (Fsp3) is 0.292. The molecule has 29 heavy (non-hydrogen) atoms. The summed E-state index contributed by atoms with van der Waals surface area (Å²) < 4.78 is 5.36. The van der Waals surface area contributed by atoms with E-state index in [0.29, 0.717) is 11.4 Å². The van der Waals surface area contributed by atoms with Gasteiger partial charge in [0, 0.05) is 4.88 Å². The van der Waals surface area contributed by atoms with Gasteiger partial charge in [-0.2, -0.15) is 0 Å². The molecule has 2 aromatic carbocycles. The van der Waals surface area contributed by atoms with Crippen molar-refractivity contribution < 1.29 is 9.53 Å². The molecular weight excluding hydrogens is 380 g/mol. The van der Waals surface area contributed by atoms with E-state index in [1.165, 1.54) is 34.4 Å². The second-order valence-corrected chi connectivity index (χ2v) is 8.44. The molecule has 2 N–H and O–H groups in total. The van der Waals surface area contributed by atoms with Crippen LogP contribution in [-0.4, -0.2) is 19.6 Å². The van der Waals surface area contributed by atoms with Gasteiger partial charge in [0.25, 0.3) is 0 Å². The molecule has 1 amide bonds. The van der Waals surface area contributed by atoms with E-state index in [0.717, 1.165) is 12.0 Å². The highest BCUT2D eigenvalue weighted by Gasteiger charge is 2.19. The van der Waals surface area contributed by atoms with Crippen LogP contribution in [0.4, 0.5) is 5.69 Å².